The van der Waals surface area contributed by atoms with Crippen LogP contribution in [0.2, 0.25) is 0 Å². The van der Waals surface area contributed by atoms with E-state index >= 15 is 0 Å². The van der Waals surface area contributed by atoms with Crippen LogP contribution < -0.4 is 27.0 Å². The average molecular weight is 544 g/mol. The Labute approximate surface area is 231 Å². The molecule has 1 unspecified atom stereocenters. The second kappa shape index (κ2) is 10.4. The van der Waals surface area contributed by atoms with E-state index in [2.05, 4.69) is 10.6 Å². The highest BCUT2D eigenvalue weighted by atomic mass is 35.5. The van der Waals surface area contributed by atoms with Crippen molar-refractivity contribution in [1.82, 2.24) is 0 Å². The monoisotopic (exact) mass is 543 g/mol. The van der Waals surface area contributed by atoms with E-state index in [0.29, 0.717) is 46.4 Å². The quantitative estimate of drug-likeness (QED) is 0.162. The number of phenols is 1. The standard InChI is InChI=1S/C30H30ClN5O3/c1-16-4-3-5-22-26(37)13-25-28(27(16)22)19(14-31)15-36(25)30(39)18-6-11-24(23(33)12-18)34-17(2)29(38)35-21-9-7-20(32)8-10-21/h3-13,17,19,34,37H,14-15,32-33H2,1-2H3,(H,35,38)/t17?,19-/m1/s1. The number of amides is 2. The van der Waals surface area contributed by atoms with Gasteiger partial charge in [0.2, 0.25) is 5.91 Å². The summed E-state index contributed by atoms with van der Waals surface area (Å²) in [7, 11) is 0. The number of fused-ring (bicyclic) bond motifs is 3. The van der Waals surface area contributed by atoms with Crippen LogP contribution >= 0.6 is 11.6 Å². The van der Waals surface area contributed by atoms with Crippen LogP contribution in [-0.4, -0.2) is 35.4 Å². The molecule has 39 heavy (non-hydrogen) atoms. The predicted octanol–water partition coefficient (Wildman–Crippen LogP) is 5.44. The van der Waals surface area contributed by atoms with Crippen LogP contribution in [0.3, 0.4) is 0 Å². The number of nitrogens with two attached hydrogens (primary N) is 2. The first-order chi connectivity index (χ1) is 18.7. The van der Waals surface area contributed by atoms with Gasteiger partial charge >= 0.3 is 0 Å². The molecular weight excluding hydrogens is 514 g/mol. The molecule has 0 aromatic heterocycles. The van der Waals surface area contributed by atoms with Crippen LogP contribution in [0, 0.1) is 6.92 Å². The molecule has 0 saturated carbocycles. The van der Waals surface area contributed by atoms with Gasteiger partial charge in [-0.25, -0.2) is 0 Å². The van der Waals surface area contributed by atoms with Gasteiger partial charge in [-0.15, -0.1) is 11.6 Å². The third-order valence-corrected chi connectivity index (χ3v) is 7.52. The maximum atomic E-state index is 13.7. The van der Waals surface area contributed by atoms with Crippen LogP contribution in [-0.2, 0) is 4.79 Å². The molecule has 1 aliphatic rings. The van der Waals surface area contributed by atoms with Crippen molar-refractivity contribution in [2.24, 2.45) is 0 Å². The summed E-state index contributed by atoms with van der Waals surface area (Å²) in [4.78, 5) is 28.0. The summed E-state index contributed by atoms with van der Waals surface area (Å²) in [5.74, 6) is -0.114. The Kier molecular flexibility index (Phi) is 6.97. The zero-order valence-electron chi connectivity index (χ0n) is 21.7. The Bertz CT molecular complexity index is 1590. The molecule has 0 radical (unpaired) electrons. The number of hydrogen-bond acceptors (Lipinski definition) is 6. The molecule has 4 aromatic rings. The number of aromatic hydroxyl groups is 1. The van der Waals surface area contributed by atoms with Crippen molar-refractivity contribution in [2.75, 3.05) is 39.4 Å². The lowest BCUT2D eigenvalue weighted by atomic mass is 9.92. The van der Waals surface area contributed by atoms with Gasteiger partial charge in [-0.05, 0) is 72.8 Å². The number of alkyl halides is 1. The number of hydrogen-bond donors (Lipinski definition) is 5. The van der Waals surface area contributed by atoms with Crippen LogP contribution in [0.15, 0.2) is 66.7 Å². The summed E-state index contributed by atoms with van der Waals surface area (Å²) in [5, 5.41) is 18.4. The molecular formula is C30H30ClN5O3. The van der Waals surface area contributed by atoms with E-state index in [1.54, 1.807) is 60.4 Å². The lowest BCUT2D eigenvalue weighted by Crippen LogP contribution is -2.32. The summed E-state index contributed by atoms with van der Waals surface area (Å²) in [6.45, 7) is 4.10. The Morgan fingerprint density at radius 2 is 1.85 bits per heavy atom. The fourth-order valence-corrected chi connectivity index (χ4v) is 5.37. The van der Waals surface area contributed by atoms with E-state index in [-0.39, 0.29) is 23.5 Å². The van der Waals surface area contributed by atoms with Gasteiger partial charge in [0.15, 0.2) is 0 Å². The Morgan fingerprint density at radius 1 is 1.10 bits per heavy atom. The first-order valence-electron chi connectivity index (χ1n) is 12.6. The number of anilines is 5. The first-order valence-corrected chi connectivity index (χ1v) is 13.2. The minimum Gasteiger partial charge on any atom is -0.507 e. The molecule has 0 bridgehead atoms. The fourth-order valence-electron chi connectivity index (χ4n) is 5.12. The lowest BCUT2D eigenvalue weighted by Gasteiger charge is -2.20. The second-order valence-corrected chi connectivity index (χ2v) is 10.2. The number of nitrogens with one attached hydrogen (secondary N) is 2. The average Bonchev–Trinajstić information content (AvgIpc) is 3.29. The third kappa shape index (κ3) is 4.91. The van der Waals surface area contributed by atoms with Crippen LogP contribution in [0.5, 0.6) is 5.75 Å². The van der Waals surface area contributed by atoms with E-state index in [4.69, 9.17) is 23.1 Å². The number of carbonyl (C=O) groups is 2. The molecule has 0 saturated heterocycles. The minimum atomic E-state index is -0.596. The molecule has 8 nitrogen and oxygen atoms in total. The minimum absolute atomic E-state index is 0.0754. The van der Waals surface area contributed by atoms with Crippen molar-refractivity contribution >= 4 is 62.6 Å². The van der Waals surface area contributed by atoms with E-state index < -0.39 is 6.04 Å². The van der Waals surface area contributed by atoms with Gasteiger partial charge in [-0.2, -0.15) is 0 Å². The van der Waals surface area contributed by atoms with Gasteiger partial charge in [-0.1, -0.05) is 18.2 Å². The maximum Gasteiger partial charge on any atom is 0.258 e. The summed E-state index contributed by atoms with van der Waals surface area (Å²) in [6.07, 6.45) is 0. The van der Waals surface area contributed by atoms with Crippen molar-refractivity contribution in [3.63, 3.8) is 0 Å². The van der Waals surface area contributed by atoms with Gasteiger partial charge in [0.25, 0.3) is 5.91 Å². The summed E-state index contributed by atoms with van der Waals surface area (Å²) >= 11 is 6.36. The van der Waals surface area contributed by atoms with Crippen molar-refractivity contribution in [3.05, 3.63) is 83.4 Å². The highest BCUT2D eigenvalue weighted by Crippen LogP contribution is 2.46. The zero-order valence-corrected chi connectivity index (χ0v) is 22.4. The lowest BCUT2D eigenvalue weighted by molar-refractivity contribution is -0.116. The second-order valence-electron chi connectivity index (χ2n) is 9.87. The maximum absolute atomic E-state index is 13.7. The summed E-state index contributed by atoms with van der Waals surface area (Å²) < 4.78 is 0. The molecule has 7 N–H and O–H groups in total. The van der Waals surface area contributed by atoms with Crippen molar-refractivity contribution in [3.8, 4) is 5.75 Å². The predicted molar refractivity (Wildman–Crippen MR) is 159 cm³/mol. The molecule has 1 heterocycles. The molecule has 5 rings (SSSR count). The van der Waals surface area contributed by atoms with Gasteiger partial charge in [0.05, 0.1) is 17.1 Å². The molecule has 2 amide bonds. The molecule has 4 aromatic carbocycles. The number of halogens is 1. The number of aryl methyl sites for hydroxylation is 1. The summed E-state index contributed by atoms with van der Waals surface area (Å²) in [6, 6.07) is 18.6. The number of phenolic OH excluding ortho intramolecular Hbond substituents is 1. The van der Waals surface area contributed by atoms with E-state index in [1.165, 1.54) is 0 Å². The van der Waals surface area contributed by atoms with E-state index in [9.17, 15) is 14.7 Å². The Balaban J connectivity index is 1.37. The SMILES string of the molecule is Cc1cccc2c(O)cc3c(c12)[C@H](CCl)CN3C(=O)c1ccc(NC(C)C(=O)Nc2ccc(N)cc2)c(N)c1. The number of nitrogens with zero attached hydrogens (tertiary/aromatic N) is 1. The van der Waals surface area contributed by atoms with Crippen LogP contribution in [0.25, 0.3) is 10.8 Å². The van der Waals surface area contributed by atoms with Crippen molar-refractivity contribution in [1.29, 1.82) is 0 Å². The molecule has 0 spiro atoms. The Morgan fingerprint density at radius 3 is 2.54 bits per heavy atom. The molecule has 0 aliphatic carbocycles. The van der Waals surface area contributed by atoms with Gasteiger partial charge in [-0.3, -0.25) is 9.59 Å². The highest BCUT2D eigenvalue weighted by Gasteiger charge is 2.35. The van der Waals surface area contributed by atoms with Crippen molar-refractivity contribution < 1.29 is 14.7 Å². The number of rotatable bonds is 6. The van der Waals surface area contributed by atoms with Gasteiger partial charge < -0.3 is 32.1 Å². The Hall–Kier alpha value is -4.43. The van der Waals surface area contributed by atoms with E-state index in [1.807, 2.05) is 25.1 Å². The van der Waals surface area contributed by atoms with Gasteiger partial charge in [0.1, 0.15) is 11.8 Å². The fraction of sp³-hybridized carbons (Fsp3) is 0.200. The smallest absolute Gasteiger partial charge is 0.258 e. The number of nitrogen functional groups attached to an aromatic ring is 2. The highest BCUT2D eigenvalue weighted by molar-refractivity contribution is 6.19. The van der Waals surface area contributed by atoms with Crippen LogP contribution in [0.4, 0.5) is 28.4 Å². The first kappa shape index (κ1) is 26.2. The van der Waals surface area contributed by atoms with Crippen LogP contribution in [0.1, 0.15) is 34.3 Å². The number of benzene rings is 4. The largest absolute Gasteiger partial charge is 0.507 e. The molecule has 2 atom stereocenters. The zero-order chi connectivity index (χ0) is 27.8. The normalized spacial score (nSPS) is 15.2. The summed E-state index contributed by atoms with van der Waals surface area (Å²) in [5.41, 5.74) is 17.1. The molecule has 1 aliphatic heterocycles. The number of carbonyl (C=O) groups excluding carboxylic acids is 2. The van der Waals surface area contributed by atoms with Crippen molar-refractivity contribution in [2.45, 2.75) is 25.8 Å². The molecule has 9 heteroatoms. The molecule has 200 valence electrons. The van der Waals surface area contributed by atoms with Gasteiger partial charge in [0, 0.05) is 46.7 Å². The van der Waals surface area contributed by atoms with E-state index in [0.717, 1.165) is 21.9 Å². The topological polar surface area (TPSA) is 134 Å². The third-order valence-electron chi connectivity index (χ3n) is 7.14. The molecule has 0 fully saturated rings.